The summed E-state index contributed by atoms with van der Waals surface area (Å²) in [5, 5.41) is 15.6. The van der Waals surface area contributed by atoms with Crippen LogP contribution >= 0.6 is 23.2 Å². The molecule has 170 valence electrons. The van der Waals surface area contributed by atoms with Crippen molar-refractivity contribution in [1.82, 2.24) is 20.2 Å². The largest absolute Gasteiger partial charge is 0.465 e. The maximum absolute atomic E-state index is 10.8. The van der Waals surface area contributed by atoms with Crippen molar-refractivity contribution in [2.75, 3.05) is 37.4 Å². The Labute approximate surface area is 196 Å². The molecule has 0 bridgehead atoms. The van der Waals surface area contributed by atoms with E-state index in [2.05, 4.69) is 44.5 Å². The molecule has 1 amide bonds. The molecule has 1 unspecified atom stereocenters. The van der Waals surface area contributed by atoms with Gasteiger partial charge in [-0.2, -0.15) is 0 Å². The van der Waals surface area contributed by atoms with E-state index in [0.29, 0.717) is 27.7 Å². The van der Waals surface area contributed by atoms with E-state index < -0.39 is 6.09 Å². The quantitative estimate of drug-likeness (QED) is 0.386. The van der Waals surface area contributed by atoms with Crippen LogP contribution in [0.3, 0.4) is 0 Å². The first-order chi connectivity index (χ1) is 15.3. The molecule has 4 N–H and O–H groups in total. The van der Waals surface area contributed by atoms with Crippen LogP contribution in [0.25, 0.3) is 11.0 Å². The number of benzene rings is 2. The van der Waals surface area contributed by atoms with Crippen LogP contribution in [0.2, 0.25) is 10.0 Å². The van der Waals surface area contributed by atoms with Crippen molar-refractivity contribution in [3.63, 3.8) is 0 Å². The topological polar surface area (TPSA) is 96.5 Å². The number of aromatic nitrogens is 2. The van der Waals surface area contributed by atoms with Crippen LogP contribution in [-0.4, -0.2) is 59.3 Å². The number of carboxylic acid groups (broad SMARTS) is 1. The van der Waals surface area contributed by atoms with Crippen molar-refractivity contribution in [3.8, 4) is 0 Å². The van der Waals surface area contributed by atoms with Crippen molar-refractivity contribution >= 4 is 57.7 Å². The van der Waals surface area contributed by atoms with Crippen LogP contribution < -0.4 is 15.5 Å². The number of fused-ring (bicyclic) bond motifs is 1. The van der Waals surface area contributed by atoms with E-state index >= 15 is 0 Å². The predicted molar refractivity (Wildman–Crippen MR) is 130 cm³/mol. The van der Waals surface area contributed by atoms with Gasteiger partial charge in [-0.05, 0) is 56.8 Å². The van der Waals surface area contributed by atoms with E-state index in [1.165, 1.54) is 0 Å². The SMILES string of the molecule is CN(C)CC1CCCN1c1cc2nc(Nc3cc(CNC(=O)O)ccc3Cl)[nH]c2cc1Cl. The Morgan fingerprint density at radius 3 is 2.84 bits per heavy atom. The highest BCUT2D eigenvalue weighted by molar-refractivity contribution is 6.34. The summed E-state index contributed by atoms with van der Waals surface area (Å²) in [4.78, 5) is 23.3. The summed E-state index contributed by atoms with van der Waals surface area (Å²) in [7, 11) is 4.18. The number of hydrogen-bond acceptors (Lipinski definition) is 5. The van der Waals surface area contributed by atoms with E-state index in [9.17, 15) is 4.79 Å². The highest BCUT2D eigenvalue weighted by atomic mass is 35.5. The first-order valence-electron chi connectivity index (χ1n) is 10.4. The summed E-state index contributed by atoms with van der Waals surface area (Å²) in [6.07, 6.45) is 1.21. The minimum absolute atomic E-state index is 0.185. The van der Waals surface area contributed by atoms with Crippen LogP contribution in [0.1, 0.15) is 18.4 Å². The van der Waals surface area contributed by atoms with E-state index in [4.69, 9.17) is 28.3 Å². The zero-order chi connectivity index (χ0) is 22.8. The second-order valence-corrected chi connectivity index (χ2v) is 9.07. The number of halogens is 2. The van der Waals surface area contributed by atoms with Crippen molar-refractivity contribution in [2.45, 2.75) is 25.4 Å². The number of amides is 1. The van der Waals surface area contributed by atoms with Gasteiger partial charge in [0.2, 0.25) is 5.95 Å². The molecule has 2 heterocycles. The van der Waals surface area contributed by atoms with Gasteiger partial charge in [-0.15, -0.1) is 0 Å². The van der Waals surface area contributed by atoms with E-state index in [0.717, 1.165) is 48.2 Å². The van der Waals surface area contributed by atoms with Crippen LogP contribution in [0.5, 0.6) is 0 Å². The Balaban J connectivity index is 1.58. The Kier molecular flexibility index (Phi) is 6.64. The smallest absolute Gasteiger partial charge is 0.404 e. The number of carbonyl (C=O) groups is 1. The maximum atomic E-state index is 10.8. The van der Waals surface area contributed by atoms with E-state index in [-0.39, 0.29) is 6.54 Å². The number of anilines is 3. The number of imidazole rings is 1. The lowest BCUT2D eigenvalue weighted by Gasteiger charge is -2.29. The van der Waals surface area contributed by atoms with Crippen molar-refractivity contribution < 1.29 is 9.90 Å². The lowest BCUT2D eigenvalue weighted by atomic mass is 10.2. The summed E-state index contributed by atoms with van der Waals surface area (Å²) in [5.74, 6) is 0.532. The number of nitrogens with one attached hydrogen (secondary N) is 3. The summed E-state index contributed by atoms with van der Waals surface area (Å²) in [5.41, 5.74) is 4.04. The third kappa shape index (κ3) is 5.03. The fourth-order valence-corrected chi connectivity index (χ4v) is 4.58. The van der Waals surface area contributed by atoms with Gasteiger partial charge in [0, 0.05) is 25.7 Å². The van der Waals surface area contributed by atoms with Crippen molar-refractivity contribution in [2.24, 2.45) is 0 Å². The summed E-state index contributed by atoms with van der Waals surface area (Å²) < 4.78 is 0. The van der Waals surface area contributed by atoms with Gasteiger partial charge in [0.25, 0.3) is 0 Å². The number of nitrogens with zero attached hydrogens (tertiary/aromatic N) is 3. The van der Waals surface area contributed by atoms with Gasteiger partial charge in [-0.1, -0.05) is 29.3 Å². The molecular formula is C22H26Cl2N6O2. The fraction of sp³-hybridized carbons (Fsp3) is 0.364. The van der Waals surface area contributed by atoms with Gasteiger partial charge in [-0.3, -0.25) is 0 Å². The molecule has 2 aromatic carbocycles. The second kappa shape index (κ2) is 9.44. The average molecular weight is 477 g/mol. The van der Waals surface area contributed by atoms with Crippen LogP contribution in [0.4, 0.5) is 22.1 Å². The number of rotatable bonds is 7. The average Bonchev–Trinajstić information content (AvgIpc) is 3.33. The molecule has 1 aromatic heterocycles. The normalized spacial score (nSPS) is 16.2. The minimum Gasteiger partial charge on any atom is -0.465 e. The van der Waals surface area contributed by atoms with Gasteiger partial charge in [0.1, 0.15) is 0 Å². The molecule has 3 aromatic rings. The molecule has 4 rings (SSSR count). The highest BCUT2D eigenvalue weighted by Gasteiger charge is 2.27. The van der Waals surface area contributed by atoms with Crippen molar-refractivity contribution in [3.05, 3.63) is 45.9 Å². The minimum atomic E-state index is -1.08. The number of H-pyrrole nitrogens is 1. The third-order valence-corrected chi connectivity index (χ3v) is 6.17. The molecule has 1 aliphatic rings. The van der Waals surface area contributed by atoms with Crippen molar-refractivity contribution in [1.29, 1.82) is 0 Å². The molecule has 0 aliphatic carbocycles. The Hall–Kier alpha value is -2.68. The third-order valence-electron chi connectivity index (χ3n) is 5.54. The number of hydrogen-bond donors (Lipinski definition) is 4. The van der Waals surface area contributed by atoms with E-state index in [1.807, 2.05) is 12.1 Å². The van der Waals surface area contributed by atoms with Gasteiger partial charge in [0.15, 0.2) is 0 Å². The van der Waals surface area contributed by atoms with Crippen LogP contribution in [0.15, 0.2) is 30.3 Å². The molecule has 0 radical (unpaired) electrons. The van der Waals surface area contributed by atoms with Gasteiger partial charge in [-0.25, -0.2) is 9.78 Å². The molecule has 1 saturated heterocycles. The second-order valence-electron chi connectivity index (χ2n) is 8.26. The first-order valence-corrected chi connectivity index (χ1v) is 11.2. The molecule has 8 nitrogen and oxygen atoms in total. The molecule has 0 saturated carbocycles. The maximum Gasteiger partial charge on any atom is 0.404 e. The number of aromatic amines is 1. The Bertz CT molecular complexity index is 1130. The lowest BCUT2D eigenvalue weighted by Crippen LogP contribution is -2.37. The Morgan fingerprint density at radius 2 is 2.09 bits per heavy atom. The molecule has 1 aliphatic heterocycles. The Morgan fingerprint density at radius 1 is 1.28 bits per heavy atom. The summed E-state index contributed by atoms with van der Waals surface area (Å²) in [6.45, 7) is 2.14. The lowest BCUT2D eigenvalue weighted by molar-refractivity contribution is 0.194. The standard InChI is InChI=1S/C22H26Cl2N6O2/c1-29(2)12-14-4-3-7-30(14)20-10-19-18(9-16(20)24)27-21(28-19)26-17-8-13(5-6-15(17)23)11-25-22(31)32/h5-6,8-10,14,25H,3-4,7,11-12H2,1-2H3,(H,31,32)(H2,26,27,28). The summed E-state index contributed by atoms with van der Waals surface area (Å²) in [6, 6.07) is 9.65. The highest BCUT2D eigenvalue weighted by Crippen LogP contribution is 2.36. The zero-order valence-corrected chi connectivity index (χ0v) is 19.5. The van der Waals surface area contributed by atoms with Gasteiger partial charge in [0.05, 0.1) is 32.5 Å². The molecular weight excluding hydrogens is 451 g/mol. The van der Waals surface area contributed by atoms with Crippen LogP contribution in [0, 0.1) is 0 Å². The first kappa shape index (κ1) is 22.5. The van der Waals surface area contributed by atoms with Gasteiger partial charge < -0.3 is 30.5 Å². The molecule has 0 spiro atoms. The fourth-order valence-electron chi connectivity index (χ4n) is 4.15. The van der Waals surface area contributed by atoms with Gasteiger partial charge >= 0.3 is 6.09 Å². The van der Waals surface area contributed by atoms with Crippen LogP contribution in [-0.2, 0) is 6.54 Å². The zero-order valence-electron chi connectivity index (χ0n) is 18.0. The van der Waals surface area contributed by atoms with E-state index in [1.54, 1.807) is 18.2 Å². The molecule has 32 heavy (non-hydrogen) atoms. The predicted octanol–water partition coefficient (Wildman–Crippen LogP) is 4.91. The summed E-state index contributed by atoms with van der Waals surface area (Å²) >= 11 is 13.0. The monoisotopic (exact) mass is 476 g/mol. The molecule has 10 heteroatoms. The molecule has 1 fully saturated rings. The molecule has 1 atom stereocenters. The number of likely N-dealkylation sites (N-methyl/N-ethyl adjacent to an activating group) is 1.